The van der Waals surface area contributed by atoms with Crippen LogP contribution in [0.15, 0.2) is 225 Å². The molecule has 0 radical (unpaired) electrons. The zero-order chi connectivity index (χ0) is 67.2. The first-order valence-electron chi connectivity index (χ1n) is 29.2. The molecule has 12 heterocycles. The summed E-state index contributed by atoms with van der Waals surface area (Å²) in [6.07, 6.45) is 15.6. The molecular weight excluding hydrogens is 1380 g/mol. The van der Waals surface area contributed by atoms with E-state index < -0.39 is 0 Å². The van der Waals surface area contributed by atoms with Crippen molar-refractivity contribution in [2.24, 2.45) is 0 Å². The monoisotopic (exact) mass is 1430 g/mol. The number of nitrogens with zero attached hydrogens (tertiary/aromatic N) is 22. The first-order valence-corrected chi connectivity index (χ1v) is 32.8. The second-order valence-electron chi connectivity index (χ2n) is 20.5. The van der Waals surface area contributed by atoms with Crippen LogP contribution >= 0.6 is 49.9 Å². The number of hydrogen-bond donors (Lipinski definition) is 1. The zero-order valence-electron chi connectivity index (χ0n) is 50.6. The van der Waals surface area contributed by atoms with Gasteiger partial charge in [0.1, 0.15) is 75.1 Å². The Morgan fingerprint density at radius 3 is 1.14 bits per heavy atom. The number of anilines is 1. The van der Waals surface area contributed by atoms with Crippen LogP contribution in [0.25, 0.3) is 92.1 Å². The zero-order valence-corrected chi connectivity index (χ0v) is 54.6. The molecule has 0 atom stereocenters. The maximum absolute atomic E-state index is 14.0. The molecule has 2 N–H and O–H groups in total. The van der Waals surface area contributed by atoms with Gasteiger partial charge in [-0.25, -0.2) is 86.1 Å². The minimum atomic E-state index is -0.300. The highest BCUT2D eigenvalue weighted by molar-refractivity contribution is 9.10. The second kappa shape index (κ2) is 30.6. The molecule has 0 bridgehead atoms. The molecule has 98 heavy (non-hydrogen) atoms. The number of aromatic nitrogens is 22. The Morgan fingerprint density at radius 2 is 0.755 bits per heavy atom. The standard InChI is InChI=1S/C17H11BrFN5O.C17H13FN6S.2C16H11FN6S/c18-12-5-6-20-14(7-12)16-22-17(15-9-25-10-21-15)24(23-16)8-11-3-1-2-4-13(11)19;18-13-4-2-1-3-11(13)8-24-17(15-9-25-10-21-15)22-16(23-24)14-7-12(19)5-6-20-14;17-12-4-2-1-3-11(12)8-23-16(13-7-18-5-6-19-13)21-15(22-23)14-9-24-10-20-14;17-12-4-2-1-3-11(12)8-23-16(14-9-24-10-20-14)21-15(22-23)13-7-18-5-6-19-13/h1-7,9-10H,8H2;1-7,9-10H,8H2,(H2,19,20);2*1-7,9-10H,8H2. The van der Waals surface area contributed by atoms with Crippen LogP contribution in [0.2, 0.25) is 0 Å². The highest BCUT2D eigenvalue weighted by Gasteiger charge is 2.22. The number of hydrogen-bond acceptors (Lipinski definition) is 23. The highest BCUT2D eigenvalue weighted by Crippen LogP contribution is 2.28. The van der Waals surface area contributed by atoms with Crippen LogP contribution in [0.4, 0.5) is 23.2 Å². The number of benzene rings is 4. The maximum atomic E-state index is 14.0. The number of oxazole rings is 1. The second-order valence-corrected chi connectivity index (χ2v) is 23.6. The topological polar surface area (TPSA) is 291 Å². The third-order valence-electron chi connectivity index (χ3n) is 14.0. The maximum Gasteiger partial charge on any atom is 0.202 e. The molecule has 0 spiro atoms. The molecule has 0 fully saturated rings. The highest BCUT2D eigenvalue weighted by atomic mass is 79.9. The van der Waals surface area contributed by atoms with Gasteiger partial charge in [-0.15, -0.1) is 54.4 Å². The minimum absolute atomic E-state index is 0.218. The Hall–Kier alpha value is -12.0. The van der Waals surface area contributed by atoms with E-state index in [0.717, 1.165) is 4.47 Å². The van der Waals surface area contributed by atoms with E-state index in [-0.39, 0.29) is 49.4 Å². The van der Waals surface area contributed by atoms with Crippen LogP contribution < -0.4 is 5.73 Å². The van der Waals surface area contributed by atoms with Gasteiger partial charge in [0.05, 0.1) is 55.1 Å². The summed E-state index contributed by atoms with van der Waals surface area (Å²) in [6, 6.07) is 33.4. The fourth-order valence-corrected chi connectivity index (χ4v) is 11.3. The lowest BCUT2D eigenvalue weighted by Gasteiger charge is -2.06. The van der Waals surface area contributed by atoms with E-state index in [1.807, 2.05) is 28.3 Å². The van der Waals surface area contributed by atoms with Gasteiger partial charge in [0, 0.05) is 85.7 Å². The summed E-state index contributed by atoms with van der Waals surface area (Å²) in [5.74, 6) is 2.74. The van der Waals surface area contributed by atoms with E-state index in [1.54, 1.807) is 170 Å². The third-order valence-corrected chi connectivity index (χ3v) is 16.2. The van der Waals surface area contributed by atoms with E-state index >= 15 is 0 Å². The largest absolute Gasteiger partial charge is 0.451 e. The van der Waals surface area contributed by atoms with Gasteiger partial charge in [-0.2, -0.15) is 0 Å². The number of pyridine rings is 2. The normalized spacial score (nSPS) is 10.9. The summed E-state index contributed by atoms with van der Waals surface area (Å²) >= 11 is 7.79. The van der Waals surface area contributed by atoms with Crippen molar-refractivity contribution in [1.29, 1.82) is 0 Å². The first kappa shape index (κ1) is 64.7. The fraction of sp³-hybridized carbons (Fsp3) is 0.0606. The van der Waals surface area contributed by atoms with E-state index in [0.29, 0.717) is 120 Å². The molecule has 0 aliphatic heterocycles. The quantitative estimate of drug-likeness (QED) is 0.0879. The van der Waals surface area contributed by atoms with Crippen LogP contribution in [-0.4, -0.2) is 109 Å². The van der Waals surface area contributed by atoms with Crippen molar-refractivity contribution in [2.75, 3.05) is 5.73 Å². The lowest BCUT2D eigenvalue weighted by Crippen LogP contribution is -2.06. The molecule has 16 rings (SSSR count). The Morgan fingerprint density at radius 1 is 0.378 bits per heavy atom. The van der Waals surface area contributed by atoms with E-state index in [4.69, 9.17) is 10.2 Å². The Kier molecular flexibility index (Phi) is 20.2. The van der Waals surface area contributed by atoms with Crippen molar-refractivity contribution in [3.63, 3.8) is 0 Å². The van der Waals surface area contributed by atoms with Crippen LogP contribution in [0.3, 0.4) is 0 Å². The Bertz CT molecular complexity index is 5070. The molecular formula is C66H46BrF4N23OS3. The number of nitrogens with two attached hydrogens (primary N) is 1. The predicted molar refractivity (Wildman–Crippen MR) is 362 cm³/mol. The minimum Gasteiger partial charge on any atom is -0.451 e. The van der Waals surface area contributed by atoms with Crippen LogP contribution in [0.1, 0.15) is 22.3 Å². The molecule has 0 unspecified atom stereocenters. The van der Waals surface area contributed by atoms with Crippen molar-refractivity contribution in [1.82, 2.24) is 109 Å². The molecule has 0 aliphatic rings. The lowest BCUT2D eigenvalue weighted by molar-refractivity contribution is 0.557. The average molecular weight is 1430 g/mol. The Labute approximate surface area is 573 Å². The molecule has 0 saturated heterocycles. The molecule has 4 aromatic carbocycles. The first-order chi connectivity index (χ1) is 48.0. The Balaban J connectivity index is 0.000000118. The number of halogens is 5. The van der Waals surface area contributed by atoms with Crippen molar-refractivity contribution in [3.05, 3.63) is 266 Å². The molecule has 0 amide bonds. The van der Waals surface area contributed by atoms with E-state index in [1.165, 1.54) is 70.9 Å². The van der Waals surface area contributed by atoms with Crippen molar-refractivity contribution >= 4 is 55.6 Å². The van der Waals surface area contributed by atoms with Gasteiger partial charge in [-0.05, 0) is 48.5 Å². The molecule has 12 aromatic heterocycles. The molecule has 16 aromatic rings. The van der Waals surface area contributed by atoms with Crippen LogP contribution in [0, 0.1) is 23.3 Å². The SMILES string of the molecule is Fc1ccccc1Cn1nc(-c2cc(Br)ccn2)nc1-c1cocn1.Fc1ccccc1Cn1nc(-c2cnccn2)nc1-c1cscn1.Fc1ccccc1Cn1nc(-c2cscn2)nc1-c1cnccn1.Nc1ccnc(-c2nc(-c3cscn3)n(Cc3ccccc3F)n2)c1. The summed E-state index contributed by atoms with van der Waals surface area (Å²) in [4.78, 5) is 60.2. The average Bonchev–Trinajstić information content (AvgIpc) is 1.69. The van der Waals surface area contributed by atoms with Crippen LogP contribution in [0.5, 0.6) is 0 Å². The summed E-state index contributed by atoms with van der Waals surface area (Å²) in [6.45, 7) is 0.966. The number of thiazole rings is 3. The summed E-state index contributed by atoms with van der Waals surface area (Å²) < 4.78 is 68.4. The number of nitrogen functional groups attached to an aromatic ring is 1. The van der Waals surface area contributed by atoms with Crippen molar-refractivity contribution in [2.45, 2.75) is 26.2 Å². The van der Waals surface area contributed by atoms with Gasteiger partial charge in [-0.3, -0.25) is 19.9 Å². The van der Waals surface area contributed by atoms with Gasteiger partial charge in [0.15, 0.2) is 41.3 Å². The lowest BCUT2D eigenvalue weighted by atomic mass is 10.2. The van der Waals surface area contributed by atoms with Gasteiger partial charge in [-0.1, -0.05) is 88.7 Å². The molecule has 484 valence electrons. The van der Waals surface area contributed by atoms with Crippen molar-refractivity contribution in [3.8, 4) is 92.1 Å². The number of rotatable bonds is 16. The van der Waals surface area contributed by atoms with Gasteiger partial charge in [0.25, 0.3) is 0 Å². The van der Waals surface area contributed by atoms with Gasteiger partial charge in [0.2, 0.25) is 11.6 Å². The smallest absolute Gasteiger partial charge is 0.202 e. The van der Waals surface area contributed by atoms with Crippen molar-refractivity contribution < 1.29 is 22.0 Å². The van der Waals surface area contributed by atoms with E-state index in [9.17, 15) is 17.6 Å². The third kappa shape index (κ3) is 15.7. The van der Waals surface area contributed by atoms with Gasteiger partial charge < -0.3 is 10.2 Å². The predicted octanol–water partition coefficient (Wildman–Crippen LogP) is 13.3. The van der Waals surface area contributed by atoms with Gasteiger partial charge >= 0.3 is 0 Å². The fourth-order valence-electron chi connectivity index (χ4n) is 9.37. The molecule has 32 heteroatoms. The summed E-state index contributed by atoms with van der Waals surface area (Å²) in [5.41, 5.74) is 18.5. The summed E-state index contributed by atoms with van der Waals surface area (Å²) in [7, 11) is 0. The molecule has 24 nitrogen and oxygen atoms in total. The molecule has 0 saturated carbocycles. The van der Waals surface area contributed by atoms with Crippen LogP contribution in [-0.2, 0) is 26.2 Å². The van der Waals surface area contributed by atoms with E-state index in [2.05, 4.69) is 106 Å². The molecule has 0 aliphatic carbocycles. The summed E-state index contributed by atoms with van der Waals surface area (Å²) in [5, 5.41) is 23.6.